The SMILES string of the molecule is COc1ccc(C=CC(=O)c2ccc(C)cc2)cc1Br. The predicted octanol–water partition coefficient (Wildman–Crippen LogP) is 4.66. The van der Waals surface area contributed by atoms with Crippen LogP contribution < -0.4 is 4.74 Å². The summed E-state index contributed by atoms with van der Waals surface area (Å²) in [4.78, 5) is 12.0. The third kappa shape index (κ3) is 3.58. The minimum absolute atomic E-state index is 0.00283. The quantitative estimate of drug-likeness (QED) is 0.601. The highest BCUT2D eigenvalue weighted by molar-refractivity contribution is 9.10. The number of ether oxygens (including phenoxy) is 1. The van der Waals surface area contributed by atoms with Crippen molar-refractivity contribution in [3.8, 4) is 5.75 Å². The topological polar surface area (TPSA) is 26.3 Å². The Labute approximate surface area is 127 Å². The Morgan fingerprint density at radius 1 is 1.15 bits per heavy atom. The molecule has 2 rings (SSSR count). The molecule has 0 N–H and O–H groups in total. The van der Waals surface area contributed by atoms with E-state index in [4.69, 9.17) is 4.74 Å². The second-order valence-corrected chi connectivity index (χ2v) is 5.31. The maximum atomic E-state index is 12.0. The lowest BCUT2D eigenvalue weighted by molar-refractivity contribution is 0.104. The molecule has 0 unspecified atom stereocenters. The summed E-state index contributed by atoms with van der Waals surface area (Å²) >= 11 is 3.42. The lowest BCUT2D eigenvalue weighted by Gasteiger charge is -2.03. The highest BCUT2D eigenvalue weighted by Crippen LogP contribution is 2.26. The third-order valence-corrected chi connectivity index (χ3v) is 3.56. The molecule has 0 saturated heterocycles. The van der Waals surface area contributed by atoms with Gasteiger partial charge < -0.3 is 4.74 Å². The lowest BCUT2D eigenvalue weighted by Crippen LogP contribution is -1.93. The Kier molecular flexibility index (Phi) is 4.74. The first-order valence-corrected chi connectivity index (χ1v) is 7.02. The van der Waals surface area contributed by atoms with E-state index in [2.05, 4.69) is 15.9 Å². The monoisotopic (exact) mass is 330 g/mol. The Morgan fingerprint density at radius 3 is 2.45 bits per heavy atom. The largest absolute Gasteiger partial charge is 0.496 e. The van der Waals surface area contributed by atoms with Crippen LogP contribution >= 0.6 is 15.9 Å². The molecule has 0 heterocycles. The van der Waals surface area contributed by atoms with Crippen molar-refractivity contribution < 1.29 is 9.53 Å². The summed E-state index contributed by atoms with van der Waals surface area (Å²) in [6.07, 6.45) is 3.38. The normalized spacial score (nSPS) is 10.8. The molecule has 0 aliphatic heterocycles. The molecule has 0 radical (unpaired) electrons. The summed E-state index contributed by atoms with van der Waals surface area (Å²) in [6, 6.07) is 13.2. The summed E-state index contributed by atoms with van der Waals surface area (Å²) in [5.41, 5.74) is 2.78. The van der Waals surface area contributed by atoms with Gasteiger partial charge in [0.2, 0.25) is 0 Å². The number of ketones is 1. The Balaban J connectivity index is 2.14. The van der Waals surface area contributed by atoms with Crippen molar-refractivity contribution in [2.45, 2.75) is 6.92 Å². The Bertz CT molecular complexity index is 643. The molecule has 2 nitrogen and oxygen atoms in total. The van der Waals surface area contributed by atoms with Gasteiger partial charge in [0.1, 0.15) is 5.75 Å². The van der Waals surface area contributed by atoms with Gasteiger partial charge >= 0.3 is 0 Å². The highest BCUT2D eigenvalue weighted by Gasteiger charge is 2.02. The van der Waals surface area contributed by atoms with Crippen LogP contribution in [0.5, 0.6) is 5.75 Å². The van der Waals surface area contributed by atoms with Crippen LogP contribution in [0.25, 0.3) is 6.08 Å². The number of aryl methyl sites for hydroxylation is 1. The van der Waals surface area contributed by atoms with Gasteiger partial charge in [-0.2, -0.15) is 0 Å². The number of allylic oxidation sites excluding steroid dienone is 1. The predicted molar refractivity (Wildman–Crippen MR) is 85.2 cm³/mol. The number of carbonyl (C=O) groups excluding carboxylic acids is 1. The number of hydrogen-bond donors (Lipinski definition) is 0. The average molecular weight is 331 g/mol. The zero-order valence-corrected chi connectivity index (χ0v) is 13.0. The van der Waals surface area contributed by atoms with Gasteiger partial charge in [-0.15, -0.1) is 0 Å². The second kappa shape index (κ2) is 6.53. The maximum absolute atomic E-state index is 12.0. The minimum atomic E-state index is -0.00283. The molecule has 0 aliphatic rings. The molecule has 0 amide bonds. The van der Waals surface area contributed by atoms with Gasteiger partial charge in [-0.1, -0.05) is 42.0 Å². The van der Waals surface area contributed by atoms with Gasteiger partial charge in [0.25, 0.3) is 0 Å². The first-order chi connectivity index (χ1) is 9.60. The lowest BCUT2D eigenvalue weighted by atomic mass is 10.1. The standard InChI is InChI=1S/C17H15BrO2/c1-12-3-7-14(8-4-12)16(19)9-5-13-6-10-17(20-2)15(18)11-13/h3-11H,1-2H3. The molecule has 0 spiro atoms. The summed E-state index contributed by atoms with van der Waals surface area (Å²) in [6.45, 7) is 2.00. The minimum Gasteiger partial charge on any atom is -0.496 e. The molecular weight excluding hydrogens is 316 g/mol. The van der Waals surface area contributed by atoms with Crippen molar-refractivity contribution in [1.82, 2.24) is 0 Å². The molecule has 0 bridgehead atoms. The van der Waals surface area contributed by atoms with Crippen LogP contribution in [0.2, 0.25) is 0 Å². The van der Waals surface area contributed by atoms with Crippen LogP contribution in [-0.4, -0.2) is 12.9 Å². The molecule has 2 aromatic carbocycles. The average Bonchev–Trinajstić information content (AvgIpc) is 2.45. The summed E-state index contributed by atoms with van der Waals surface area (Å²) in [7, 11) is 1.62. The Morgan fingerprint density at radius 2 is 1.85 bits per heavy atom. The first kappa shape index (κ1) is 14.5. The third-order valence-electron chi connectivity index (χ3n) is 2.94. The van der Waals surface area contributed by atoms with Gasteiger partial charge in [-0.25, -0.2) is 0 Å². The molecule has 2 aromatic rings. The molecule has 0 fully saturated rings. The molecular formula is C17H15BrO2. The zero-order chi connectivity index (χ0) is 14.5. The van der Waals surface area contributed by atoms with Crippen molar-refractivity contribution >= 4 is 27.8 Å². The molecule has 0 aliphatic carbocycles. The van der Waals surface area contributed by atoms with Crippen molar-refractivity contribution in [3.05, 3.63) is 69.7 Å². The smallest absolute Gasteiger partial charge is 0.185 e. The second-order valence-electron chi connectivity index (χ2n) is 4.46. The molecule has 20 heavy (non-hydrogen) atoms. The van der Waals surface area contributed by atoms with E-state index in [9.17, 15) is 4.79 Å². The Hall–Kier alpha value is -1.87. The fourth-order valence-electron chi connectivity index (χ4n) is 1.77. The summed E-state index contributed by atoms with van der Waals surface area (Å²) in [5, 5.41) is 0. The van der Waals surface area contributed by atoms with Crippen LogP contribution in [0, 0.1) is 6.92 Å². The van der Waals surface area contributed by atoms with Crippen molar-refractivity contribution in [2.75, 3.05) is 7.11 Å². The van der Waals surface area contributed by atoms with E-state index in [0.717, 1.165) is 21.3 Å². The van der Waals surface area contributed by atoms with Gasteiger partial charge in [-0.3, -0.25) is 4.79 Å². The first-order valence-electron chi connectivity index (χ1n) is 6.23. The van der Waals surface area contributed by atoms with Crippen molar-refractivity contribution in [1.29, 1.82) is 0 Å². The molecule has 102 valence electrons. The summed E-state index contributed by atoms with van der Waals surface area (Å²) < 4.78 is 6.03. The van der Waals surface area contributed by atoms with Crippen LogP contribution in [0.3, 0.4) is 0 Å². The summed E-state index contributed by atoms with van der Waals surface area (Å²) in [5.74, 6) is 0.768. The van der Waals surface area contributed by atoms with E-state index < -0.39 is 0 Å². The number of benzene rings is 2. The maximum Gasteiger partial charge on any atom is 0.185 e. The zero-order valence-electron chi connectivity index (χ0n) is 11.4. The van der Waals surface area contributed by atoms with Crippen LogP contribution in [0.15, 0.2) is 53.0 Å². The number of carbonyl (C=O) groups is 1. The van der Waals surface area contributed by atoms with E-state index in [1.807, 2.05) is 49.4 Å². The van der Waals surface area contributed by atoms with E-state index in [1.54, 1.807) is 19.3 Å². The molecule has 0 aromatic heterocycles. The number of rotatable bonds is 4. The van der Waals surface area contributed by atoms with Crippen LogP contribution in [0.1, 0.15) is 21.5 Å². The van der Waals surface area contributed by atoms with Gasteiger partial charge in [0, 0.05) is 5.56 Å². The molecule has 3 heteroatoms. The fourth-order valence-corrected chi connectivity index (χ4v) is 2.33. The number of methoxy groups -OCH3 is 1. The van der Waals surface area contributed by atoms with E-state index in [1.165, 1.54) is 0 Å². The molecule has 0 atom stereocenters. The van der Waals surface area contributed by atoms with Gasteiger partial charge in [0.15, 0.2) is 5.78 Å². The van der Waals surface area contributed by atoms with E-state index in [-0.39, 0.29) is 5.78 Å². The van der Waals surface area contributed by atoms with Gasteiger partial charge in [0.05, 0.1) is 11.6 Å². The van der Waals surface area contributed by atoms with Crippen molar-refractivity contribution in [2.24, 2.45) is 0 Å². The number of hydrogen-bond acceptors (Lipinski definition) is 2. The number of halogens is 1. The van der Waals surface area contributed by atoms with E-state index >= 15 is 0 Å². The van der Waals surface area contributed by atoms with Crippen LogP contribution in [0.4, 0.5) is 0 Å². The van der Waals surface area contributed by atoms with Crippen LogP contribution in [-0.2, 0) is 0 Å². The van der Waals surface area contributed by atoms with Crippen molar-refractivity contribution in [3.63, 3.8) is 0 Å². The fraction of sp³-hybridized carbons (Fsp3) is 0.118. The van der Waals surface area contributed by atoms with E-state index in [0.29, 0.717) is 5.56 Å². The highest BCUT2D eigenvalue weighted by atomic mass is 79.9. The van der Waals surface area contributed by atoms with Gasteiger partial charge in [-0.05, 0) is 46.6 Å². The molecule has 0 saturated carbocycles.